The van der Waals surface area contributed by atoms with Crippen LogP contribution in [0.5, 0.6) is 11.5 Å². The number of anilines is 1. The van der Waals surface area contributed by atoms with E-state index in [4.69, 9.17) is 9.47 Å². The van der Waals surface area contributed by atoms with Crippen molar-refractivity contribution in [3.05, 3.63) is 96.0 Å². The summed E-state index contributed by atoms with van der Waals surface area (Å²) in [6.07, 6.45) is -3.44. The van der Waals surface area contributed by atoms with Gasteiger partial charge in [0.1, 0.15) is 12.3 Å². The fraction of sp³-hybridized carbons (Fsp3) is 0.136. The number of hydrogen-bond donors (Lipinski definition) is 1. The van der Waals surface area contributed by atoms with Gasteiger partial charge in [-0.25, -0.2) is 0 Å². The molecular weight excluding hydrogens is 553 g/mol. The third-order valence-electron chi connectivity index (χ3n) is 4.70. The molecular formula is C22H16BrF3N4O6. The van der Waals surface area contributed by atoms with Gasteiger partial charge in [0.05, 0.1) is 33.2 Å². The molecule has 0 radical (unpaired) electrons. The van der Waals surface area contributed by atoms with Crippen molar-refractivity contribution in [1.82, 2.24) is 0 Å². The molecule has 1 N–H and O–H groups in total. The van der Waals surface area contributed by atoms with Crippen LogP contribution in [0.3, 0.4) is 0 Å². The first-order chi connectivity index (χ1) is 17.0. The topological polar surface area (TPSA) is 129 Å². The van der Waals surface area contributed by atoms with Gasteiger partial charge in [-0.15, -0.1) is 0 Å². The standard InChI is InChI=1S/C22H16BrF3N4O6/c1-35-20-9-14(8-17(23)21(20)36-12-13-2-5-16(6-3-13)29(31)32)11-27-28-18-7-4-15(22(24,25)26)10-19(18)30(33)34/h2-11,28H,12H2,1H3/b27-11-. The first kappa shape index (κ1) is 26.4. The Hall–Kier alpha value is -4.20. The van der Waals surface area contributed by atoms with E-state index in [1.807, 2.05) is 0 Å². The summed E-state index contributed by atoms with van der Waals surface area (Å²) in [4.78, 5) is 20.5. The minimum absolute atomic E-state index is 0.0450. The van der Waals surface area contributed by atoms with Crippen LogP contribution in [0.1, 0.15) is 16.7 Å². The van der Waals surface area contributed by atoms with E-state index in [0.717, 1.165) is 6.07 Å². The van der Waals surface area contributed by atoms with E-state index < -0.39 is 27.3 Å². The molecule has 3 aromatic carbocycles. The fourth-order valence-electron chi connectivity index (χ4n) is 2.95. The second-order valence-corrected chi connectivity index (χ2v) is 7.96. The first-order valence-electron chi connectivity index (χ1n) is 9.88. The van der Waals surface area contributed by atoms with E-state index in [1.54, 1.807) is 24.3 Å². The van der Waals surface area contributed by atoms with Crippen LogP contribution in [-0.4, -0.2) is 23.2 Å². The predicted molar refractivity (Wildman–Crippen MR) is 127 cm³/mol. The molecule has 0 spiro atoms. The third kappa shape index (κ3) is 6.47. The van der Waals surface area contributed by atoms with Crippen molar-refractivity contribution in [2.75, 3.05) is 12.5 Å². The Balaban J connectivity index is 1.75. The highest BCUT2D eigenvalue weighted by atomic mass is 79.9. The van der Waals surface area contributed by atoms with Gasteiger partial charge in [0, 0.05) is 18.2 Å². The van der Waals surface area contributed by atoms with Crippen LogP contribution >= 0.6 is 15.9 Å². The molecule has 10 nitrogen and oxygen atoms in total. The molecule has 0 aliphatic heterocycles. The lowest BCUT2D eigenvalue weighted by atomic mass is 10.1. The summed E-state index contributed by atoms with van der Waals surface area (Å²) in [5.41, 5.74) is 1.33. The summed E-state index contributed by atoms with van der Waals surface area (Å²) in [5.74, 6) is 0.660. The second kappa shape index (κ2) is 11.0. The van der Waals surface area contributed by atoms with Crippen molar-refractivity contribution in [3.63, 3.8) is 0 Å². The first-order valence-corrected chi connectivity index (χ1v) is 10.7. The molecule has 36 heavy (non-hydrogen) atoms. The van der Waals surface area contributed by atoms with E-state index >= 15 is 0 Å². The van der Waals surface area contributed by atoms with Gasteiger partial charge in [0.2, 0.25) is 0 Å². The third-order valence-corrected chi connectivity index (χ3v) is 5.29. The predicted octanol–water partition coefficient (Wildman–Crippen LogP) is 6.32. The average Bonchev–Trinajstić information content (AvgIpc) is 2.82. The van der Waals surface area contributed by atoms with Gasteiger partial charge < -0.3 is 9.47 Å². The van der Waals surface area contributed by atoms with Crippen LogP contribution in [0.2, 0.25) is 0 Å². The average molecular weight is 569 g/mol. The van der Waals surface area contributed by atoms with Crippen molar-refractivity contribution < 1.29 is 32.5 Å². The SMILES string of the molecule is COc1cc(/C=N\Nc2ccc(C(F)(F)F)cc2[N+](=O)[O-])cc(Br)c1OCc1ccc([N+](=O)[O-])cc1. The van der Waals surface area contributed by atoms with Crippen LogP contribution in [0, 0.1) is 20.2 Å². The van der Waals surface area contributed by atoms with Gasteiger partial charge in [0.25, 0.3) is 11.4 Å². The second-order valence-electron chi connectivity index (χ2n) is 7.10. The molecule has 0 atom stereocenters. The number of hydrazone groups is 1. The zero-order valence-corrected chi connectivity index (χ0v) is 19.9. The maximum atomic E-state index is 12.9. The van der Waals surface area contributed by atoms with Crippen molar-refractivity contribution in [2.45, 2.75) is 12.8 Å². The molecule has 0 aliphatic rings. The highest BCUT2D eigenvalue weighted by Gasteiger charge is 2.33. The molecule has 3 rings (SSSR count). The Bertz CT molecular complexity index is 1320. The highest BCUT2D eigenvalue weighted by molar-refractivity contribution is 9.10. The molecule has 188 valence electrons. The number of nitrogens with zero attached hydrogens (tertiary/aromatic N) is 3. The van der Waals surface area contributed by atoms with Gasteiger partial charge >= 0.3 is 6.18 Å². The number of benzene rings is 3. The number of nitro benzene ring substituents is 2. The maximum absolute atomic E-state index is 12.9. The number of nitro groups is 2. The number of methoxy groups -OCH3 is 1. The van der Waals surface area contributed by atoms with E-state index in [2.05, 4.69) is 26.5 Å². The number of non-ortho nitro benzene ring substituents is 1. The molecule has 3 aromatic rings. The summed E-state index contributed by atoms with van der Waals surface area (Å²) in [6.45, 7) is 0.0968. The van der Waals surface area contributed by atoms with Crippen molar-refractivity contribution in [1.29, 1.82) is 0 Å². The largest absolute Gasteiger partial charge is 0.493 e. The van der Waals surface area contributed by atoms with E-state index in [0.29, 0.717) is 39.2 Å². The van der Waals surface area contributed by atoms with Gasteiger partial charge in [0.15, 0.2) is 11.5 Å². The summed E-state index contributed by atoms with van der Waals surface area (Å²) < 4.78 is 50.2. The smallest absolute Gasteiger partial charge is 0.416 e. The van der Waals surface area contributed by atoms with Crippen LogP contribution in [0.25, 0.3) is 0 Å². The Morgan fingerprint density at radius 1 is 1.06 bits per heavy atom. The molecule has 0 aromatic heterocycles. The Labute approximate surface area is 209 Å². The Morgan fingerprint density at radius 2 is 1.75 bits per heavy atom. The maximum Gasteiger partial charge on any atom is 0.416 e. The van der Waals surface area contributed by atoms with Crippen LogP contribution < -0.4 is 14.9 Å². The summed E-state index contributed by atoms with van der Waals surface area (Å²) >= 11 is 3.36. The minimum atomic E-state index is -4.72. The zero-order valence-electron chi connectivity index (χ0n) is 18.3. The van der Waals surface area contributed by atoms with E-state index in [-0.39, 0.29) is 18.0 Å². The number of hydrogen-bond acceptors (Lipinski definition) is 8. The number of alkyl halides is 3. The lowest BCUT2D eigenvalue weighted by Crippen LogP contribution is -2.06. The molecule has 0 unspecified atom stereocenters. The van der Waals surface area contributed by atoms with E-state index in [9.17, 15) is 33.4 Å². The lowest BCUT2D eigenvalue weighted by Gasteiger charge is -2.13. The Morgan fingerprint density at radius 3 is 2.33 bits per heavy atom. The molecule has 0 heterocycles. The van der Waals surface area contributed by atoms with Crippen LogP contribution in [0.4, 0.5) is 30.2 Å². The highest BCUT2D eigenvalue weighted by Crippen LogP contribution is 2.37. The minimum Gasteiger partial charge on any atom is -0.493 e. The Kier molecular flexibility index (Phi) is 8.09. The van der Waals surface area contributed by atoms with Crippen molar-refractivity contribution in [2.24, 2.45) is 5.10 Å². The molecule has 0 saturated heterocycles. The quantitative estimate of drug-likeness (QED) is 0.181. The van der Waals surface area contributed by atoms with Crippen LogP contribution in [-0.2, 0) is 12.8 Å². The molecule has 0 fully saturated rings. The lowest BCUT2D eigenvalue weighted by molar-refractivity contribution is -0.384. The number of rotatable bonds is 9. The summed E-state index contributed by atoms with van der Waals surface area (Å²) in [5, 5.41) is 25.8. The van der Waals surface area contributed by atoms with Gasteiger partial charge in [-0.05, 0) is 63.5 Å². The van der Waals surface area contributed by atoms with Crippen molar-refractivity contribution in [3.8, 4) is 11.5 Å². The molecule has 0 aliphatic carbocycles. The molecule has 14 heteroatoms. The van der Waals surface area contributed by atoms with Gasteiger partial charge in [-0.2, -0.15) is 18.3 Å². The van der Waals surface area contributed by atoms with Gasteiger partial charge in [-0.3, -0.25) is 25.7 Å². The normalized spacial score (nSPS) is 11.4. The summed E-state index contributed by atoms with van der Waals surface area (Å²) in [7, 11) is 1.41. The molecule has 0 bridgehead atoms. The van der Waals surface area contributed by atoms with Gasteiger partial charge in [-0.1, -0.05) is 0 Å². The number of halogens is 4. The monoisotopic (exact) mass is 568 g/mol. The molecule has 0 saturated carbocycles. The number of nitrogens with one attached hydrogen (secondary N) is 1. The fourth-order valence-corrected chi connectivity index (χ4v) is 3.53. The molecule has 0 amide bonds. The zero-order chi connectivity index (χ0) is 26.5. The number of ether oxygens (including phenoxy) is 2. The van der Waals surface area contributed by atoms with Crippen LogP contribution in [0.15, 0.2) is 64.2 Å². The van der Waals surface area contributed by atoms with E-state index in [1.165, 1.54) is 25.5 Å². The summed E-state index contributed by atoms with van der Waals surface area (Å²) in [6, 6.07) is 11.1. The van der Waals surface area contributed by atoms with Crippen molar-refractivity contribution >= 4 is 39.2 Å².